The Labute approximate surface area is 201 Å². The molecule has 0 aliphatic rings. The molecule has 0 bridgehead atoms. The maximum Gasteiger partial charge on any atom is 0.191 e. The highest BCUT2D eigenvalue weighted by molar-refractivity contribution is 14.0. The van der Waals surface area contributed by atoms with Crippen LogP contribution in [0.2, 0.25) is 0 Å². The first-order valence-corrected chi connectivity index (χ1v) is 10.3. The predicted octanol–water partition coefficient (Wildman–Crippen LogP) is 4.44. The van der Waals surface area contributed by atoms with Crippen LogP contribution in [-0.4, -0.2) is 37.8 Å². The summed E-state index contributed by atoms with van der Waals surface area (Å²) in [5.74, 6) is 1.58. The Morgan fingerprint density at radius 3 is 2.65 bits per heavy atom. The highest BCUT2D eigenvalue weighted by atomic mass is 127. The molecular weight excluding hydrogens is 503 g/mol. The highest BCUT2D eigenvalue weighted by Gasteiger charge is 2.07. The molecule has 0 aliphatic heterocycles. The Morgan fingerprint density at radius 1 is 1.03 bits per heavy atom. The van der Waals surface area contributed by atoms with Crippen molar-refractivity contribution < 1.29 is 9.47 Å². The second-order valence-electron chi connectivity index (χ2n) is 6.91. The largest absolute Gasteiger partial charge is 0.491 e. The molecule has 0 unspecified atom stereocenters. The molecular formula is C24H31IN4O2. The molecule has 3 rings (SSSR count). The van der Waals surface area contributed by atoms with E-state index >= 15 is 0 Å². The van der Waals surface area contributed by atoms with Gasteiger partial charge in [0.25, 0.3) is 0 Å². The summed E-state index contributed by atoms with van der Waals surface area (Å²) in [6.45, 7) is 7.04. The molecule has 0 spiro atoms. The van der Waals surface area contributed by atoms with Gasteiger partial charge in [0, 0.05) is 37.3 Å². The van der Waals surface area contributed by atoms with E-state index in [1.165, 1.54) is 5.39 Å². The topological polar surface area (TPSA) is 67.8 Å². The molecule has 31 heavy (non-hydrogen) atoms. The molecule has 0 radical (unpaired) electrons. The van der Waals surface area contributed by atoms with Gasteiger partial charge in [-0.3, -0.25) is 9.98 Å². The third-order valence-corrected chi connectivity index (χ3v) is 4.76. The van der Waals surface area contributed by atoms with Crippen LogP contribution in [0.4, 0.5) is 0 Å². The monoisotopic (exact) mass is 534 g/mol. The van der Waals surface area contributed by atoms with Crippen molar-refractivity contribution in [3.8, 4) is 5.75 Å². The van der Waals surface area contributed by atoms with Crippen LogP contribution in [-0.2, 0) is 17.8 Å². The van der Waals surface area contributed by atoms with E-state index in [1.54, 1.807) is 7.05 Å². The van der Waals surface area contributed by atoms with Crippen LogP contribution >= 0.6 is 24.0 Å². The minimum Gasteiger partial charge on any atom is -0.491 e. The number of fused-ring (bicyclic) bond motifs is 1. The fourth-order valence-electron chi connectivity index (χ4n) is 3.19. The fourth-order valence-corrected chi connectivity index (χ4v) is 3.19. The molecule has 0 amide bonds. The van der Waals surface area contributed by atoms with Crippen LogP contribution in [0.25, 0.3) is 10.8 Å². The molecule has 0 saturated carbocycles. The average molecular weight is 534 g/mol. The Bertz CT molecular complexity index is 989. The van der Waals surface area contributed by atoms with Crippen molar-refractivity contribution >= 4 is 40.7 Å². The summed E-state index contributed by atoms with van der Waals surface area (Å²) in [6, 6.07) is 16.5. The number of ether oxygens (including phenoxy) is 2. The average Bonchev–Trinajstić information content (AvgIpc) is 2.78. The quantitative estimate of drug-likeness (QED) is 0.184. The third-order valence-electron chi connectivity index (χ3n) is 4.76. The molecule has 166 valence electrons. The lowest BCUT2D eigenvalue weighted by Crippen LogP contribution is -2.36. The normalized spacial score (nSPS) is 11.1. The van der Waals surface area contributed by atoms with E-state index in [1.807, 2.05) is 31.3 Å². The lowest BCUT2D eigenvalue weighted by atomic mass is 10.1. The van der Waals surface area contributed by atoms with Crippen molar-refractivity contribution in [3.05, 3.63) is 71.5 Å². The summed E-state index contributed by atoms with van der Waals surface area (Å²) < 4.78 is 11.3. The summed E-state index contributed by atoms with van der Waals surface area (Å²) in [7, 11) is 1.76. The molecule has 0 fully saturated rings. The Balaban J connectivity index is 0.00000341. The maximum atomic E-state index is 5.93. The predicted molar refractivity (Wildman–Crippen MR) is 137 cm³/mol. The molecule has 3 aromatic rings. The van der Waals surface area contributed by atoms with E-state index in [9.17, 15) is 0 Å². The van der Waals surface area contributed by atoms with Crippen molar-refractivity contribution in [3.63, 3.8) is 0 Å². The van der Waals surface area contributed by atoms with Crippen LogP contribution in [0.1, 0.15) is 23.7 Å². The van der Waals surface area contributed by atoms with E-state index in [4.69, 9.17) is 9.47 Å². The molecule has 6 nitrogen and oxygen atoms in total. The first kappa shape index (κ1) is 24.9. The van der Waals surface area contributed by atoms with Crippen molar-refractivity contribution in [2.24, 2.45) is 4.99 Å². The number of hydrogen-bond acceptors (Lipinski definition) is 4. The van der Waals surface area contributed by atoms with E-state index in [2.05, 4.69) is 57.9 Å². The van der Waals surface area contributed by atoms with E-state index in [-0.39, 0.29) is 24.0 Å². The second-order valence-corrected chi connectivity index (χ2v) is 6.91. The zero-order valence-electron chi connectivity index (χ0n) is 18.4. The SMILES string of the molecule is CCOCCOc1cc(C)ccc1CNC(=NC)NCc1nccc2ccccc12.I. The molecule has 0 saturated heterocycles. The molecule has 1 aromatic heterocycles. The van der Waals surface area contributed by atoms with Gasteiger partial charge in [-0.05, 0) is 36.9 Å². The number of pyridine rings is 1. The third kappa shape index (κ3) is 7.36. The van der Waals surface area contributed by atoms with Crippen LogP contribution < -0.4 is 15.4 Å². The minimum atomic E-state index is 0. The molecule has 7 heteroatoms. The zero-order valence-corrected chi connectivity index (χ0v) is 20.7. The van der Waals surface area contributed by atoms with E-state index in [0.717, 1.165) is 28.0 Å². The van der Waals surface area contributed by atoms with Gasteiger partial charge in [0.05, 0.1) is 18.8 Å². The lowest BCUT2D eigenvalue weighted by Gasteiger charge is -2.16. The van der Waals surface area contributed by atoms with Gasteiger partial charge in [0.15, 0.2) is 5.96 Å². The summed E-state index contributed by atoms with van der Waals surface area (Å²) in [4.78, 5) is 8.86. The van der Waals surface area contributed by atoms with Gasteiger partial charge in [0.2, 0.25) is 0 Å². The Morgan fingerprint density at radius 2 is 1.84 bits per heavy atom. The van der Waals surface area contributed by atoms with Crippen molar-refractivity contribution in [1.82, 2.24) is 15.6 Å². The van der Waals surface area contributed by atoms with Gasteiger partial charge in [-0.2, -0.15) is 0 Å². The first-order valence-electron chi connectivity index (χ1n) is 10.3. The second kappa shape index (κ2) is 13.1. The molecule has 0 aliphatic carbocycles. The van der Waals surface area contributed by atoms with Crippen molar-refractivity contribution in [2.45, 2.75) is 26.9 Å². The van der Waals surface area contributed by atoms with E-state index in [0.29, 0.717) is 38.9 Å². The number of aromatic nitrogens is 1. The number of hydrogen-bond donors (Lipinski definition) is 2. The molecule has 2 aromatic carbocycles. The summed E-state index contributed by atoms with van der Waals surface area (Å²) in [6.07, 6.45) is 1.84. The number of rotatable bonds is 9. The fraction of sp³-hybridized carbons (Fsp3) is 0.333. The van der Waals surface area contributed by atoms with E-state index < -0.39 is 0 Å². The van der Waals surface area contributed by atoms with Gasteiger partial charge in [-0.25, -0.2) is 0 Å². The van der Waals surface area contributed by atoms with Gasteiger partial charge in [-0.1, -0.05) is 36.4 Å². The highest BCUT2D eigenvalue weighted by Crippen LogP contribution is 2.20. The van der Waals surface area contributed by atoms with Crippen LogP contribution in [0.3, 0.4) is 0 Å². The standard InChI is InChI=1S/C24H30N4O2.HI/c1-4-29-13-14-30-23-15-18(2)9-10-20(23)16-27-24(25-3)28-17-22-21-8-6-5-7-19(21)11-12-26-22;/h5-12,15H,4,13-14,16-17H2,1-3H3,(H2,25,27,28);1H. The number of nitrogens with one attached hydrogen (secondary N) is 2. The Kier molecular flexibility index (Phi) is 10.5. The number of nitrogens with zero attached hydrogens (tertiary/aromatic N) is 2. The number of guanidine groups is 1. The van der Waals surface area contributed by atoms with Crippen molar-refractivity contribution in [1.29, 1.82) is 0 Å². The summed E-state index contributed by atoms with van der Waals surface area (Å²) >= 11 is 0. The first-order chi connectivity index (χ1) is 14.7. The smallest absolute Gasteiger partial charge is 0.191 e. The van der Waals surface area contributed by atoms with Gasteiger partial charge in [0.1, 0.15) is 12.4 Å². The molecule has 2 N–H and O–H groups in total. The lowest BCUT2D eigenvalue weighted by molar-refractivity contribution is 0.110. The number of halogens is 1. The van der Waals surface area contributed by atoms with Crippen LogP contribution in [0.15, 0.2) is 59.7 Å². The Hall–Kier alpha value is -2.39. The summed E-state index contributed by atoms with van der Waals surface area (Å²) in [5.41, 5.74) is 3.23. The number of aryl methyl sites for hydroxylation is 1. The van der Waals surface area contributed by atoms with Gasteiger partial charge >= 0.3 is 0 Å². The van der Waals surface area contributed by atoms with Crippen LogP contribution in [0, 0.1) is 6.92 Å². The van der Waals surface area contributed by atoms with Crippen molar-refractivity contribution in [2.75, 3.05) is 26.9 Å². The van der Waals surface area contributed by atoms with Crippen LogP contribution in [0.5, 0.6) is 5.75 Å². The molecule has 0 atom stereocenters. The zero-order chi connectivity index (χ0) is 21.2. The summed E-state index contributed by atoms with van der Waals surface area (Å²) in [5, 5.41) is 9.05. The van der Waals surface area contributed by atoms with Gasteiger partial charge < -0.3 is 20.1 Å². The minimum absolute atomic E-state index is 0. The number of benzene rings is 2. The number of aliphatic imine (C=N–C) groups is 1. The maximum absolute atomic E-state index is 5.93. The van der Waals surface area contributed by atoms with Gasteiger partial charge in [-0.15, -0.1) is 24.0 Å². The molecule has 1 heterocycles.